The minimum Gasteiger partial charge on any atom is -0.439 e. The van der Waals surface area contributed by atoms with E-state index in [9.17, 15) is 14.4 Å². The number of rotatable bonds is 4. The molecule has 0 unspecified atom stereocenters. The number of amides is 3. The molecule has 0 aliphatic carbocycles. The van der Waals surface area contributed by atoms with Gasteiger partial charge in [0.05, 0.1) is 6.54 Å². The molecule has 1 heterocycles. The molecule has 0 saturated carbocycles. The smallest absolute Gasteiger partial charge is 0.416 e. The van der Waals surface area contributed by atoms with Crippen molar-refractivity contribution in [3.63, 3.8) is 0 Å². The van der Waals surface area contributed by atoms with E-state index in [0.717, 1.165) is 0 Å². The average Bonchev–Trinajstić information content (AvgIpc) is 2.75. The van der Waals surface area contributed by atoms with E-state index in [2.05, 4.69) is 15.8 Å². The van der Waals surface area contributed by atoms with Gasteiger partial charge >= 0.3 is 18.3 Å². The first-order chi connectivity index (χ1) is 8.49. The Labute approximate surface area is 106 Å². The molecular weight excluding hydrogens is 262 g/mol. The normalized spacial score (nSPS) is 11.3. The minimum absolute atomic E-state index is 0.0877. The van der Waals surface area contributed by atoms with Gasteiger partial charge in [0.1, 0.15) is 0 Å². The van der Waals surface area contributed by atoms with Gasteiger partial charge < -0.3 is 26.3 Å². The number of carbonyl (C=O) groups excluding carboxylic acids is 3. The molecule has 9 heteroatoms. The van der Waals surface area contributed by atoms with Crippen molar-refractivity contribution in [3.05, 3.63) is 22.4 Å². The summed E-state index contributed by atoms with van der Waals surface area (Å²) in [5.41, 5.74) is 9.56. The summed E-state index contributed by atoms with van der Waals surface area (Å²) < 4.78 is 8.86. The summed E-state index contributed by atoms with van der Waals surface area (Å²) in [6.45, 7) is -0.0877. The maximum atomic E-state index is 11.0. The molecule has 0 bridgehead atoms. The van der Waals surface area contributed by atoms with Gasteiger partial charge in [-0.3, -0.25) is 0 Å². The highest BCUT2D eigenvalue weighted by molar-refractivity contribution is 7.10. The fourth-order valence-corrected chi connectivity index (χ4v) is 1.87. The highest BCUT2D eigenvalue weighted by Crippen LogP contribution is 2.21. The van der Waals surface area contributed by atoms with Gasteiger partial charge in [-0.15, -0.1) is 11.3 Å². The van der Waals surface area contributed by atoms with Crippen LogP contribution in [0.5, 0.6) is 0 Å². The Morgan fingerprint density at radius 1 is 1.33 bits per heavy atom. The zero-order chi connectivity index (χ0) is 13.5. The number of nitrogens with one attached hydrogen (secondary N) is 1. The molecule has 1 aromatic heterocycles. The second-order valence-corrected chi connectivity index (χ2v) is 4.01. The monoisotopic (exact) mass is 273 g/mol. The molecular formula is C9H11N3O5S. The topological polar surface area (TPSA) is 134 Å². The molecule has 0 saturated heterocycles. The van der Waals surface area contributed by atoms with Crippen molar-refractivity contribution in [3.8, 4) is 0 Å². The van der Waals surface area contributed by atoms with Gasteiger partial charge in [-0.25, -0.2) is 14.4 Å². The highest BCUT2D eigenvalue weighted by atomic mass is 32.1. The number of hydrogen-bond donors (Lipinski definition) is 3. The van der Waals surface area contributed by atoms with Gasteiger partial charge in [-0.2, -0.15) is 0 Å². The summed E-state index contributed by atoms with van der Waals surface area (Å²) in [6.07, 6.45) is -3.98. The van der Waals surface area contributed by atoms with Gasteiger partial charge in [0.2, 0.25) is 0 Å². The maximum absolute atomic E-state index is 11.0. The number of hydrogen-bond acceptors (Lipinski definition) is 6. The molecule has 0 radical (unpaired) electrons. The summed E-state index contributed by atoms with van der Waals surface area (Å²) in [4.78, 5) is 32.7. The van der Waals surface area contributed by atoms with E-state index in [4.69, 9.17) is 10.5 Å². The fraction of sp³-hybridized carbons (Fsp3) is 0.222. The number of nitrogens with two attached hydrogens (primary N) is 2. The average molecular weight is 273 g/mol. The number of thiophene rings is 1. The van der Waals surface area contributed by atoms with Crippen molar-refractivity contribution in [1.29, 1.82) is 0 Å². The van der Waals surface area contributed by atoms with Crippen LogP contribution < -0.4 is 16.8 Å². The number of ether oxygens (including phenoxy) is 2. The maximum Gasteiger partial charge on any atom is 0.416 e. The van der Waals surface area contributed by atoms with Gasteiger partial charge in [0.15, 0.2) is 6.10 Å². The van der Waals surface area contributed by atoms with Crippen LogP contribution in [-0.4, -0.2) is 24.8 Å². The lowest BCUT2D eigenvalue weighted by Crippen LogP contribution is -2.34. The molecule has 18 heavy (non-hydrogen) atoms. The van der Waals surface area contributed by atoms with Crippen LogP contribution in [-0.2, 0) is 9.47 Å². The summed E-state index contributed by atoms with van der Waals surface area (Å²) >= 11 is 1.32. The Hall–Kier alpha value is -2.29. The molecule has 1 atom stereocenters. The van der Waals surface area contributed by atoms with Gasteiger partial charge in [0.25, 0.3) is 0 Å². The second kappa shape index (κ2) is 6.45. The number of carbonyl (C=O) groups is 3. The lowest BCUT2D eigenvalue weighted by Gasteiger charge is -2.15. The van der Waals surface area contributed by atoms with Gasteiger partial charge in [-0.1, -0.05) is 6.07 Å². The van der Waals surface area contributed by atoms with E-state index in [0.29, 0.717) is 4.88 Å². The molecule has 1 rings (SSSR count). The van der Waals surface area contributed by atoms with Crippen LogP contribution in [0, 0.1) is 0 Å². The van der Waals surface area contributed by atoms with E-state index < -0.39 is 24.4 Å². The molecule has 0 aromatic carbocycles. The lowest BCUT2D eigenvalue weighted by molar-refractivity contribution is 0.104. The summed E-state index contributed by atoms with van der Waals surface area (Å²) in [6, 6.07) is 3.46. The van der Waals surface area contributed by atoms with Crippen molar-refractivity contribution in [2.75, 3.05) is 6.54 Å². The van der Waals surface area contributed by atoms with Crippen molar-refractivity contribution in [2.24, 2.45) is 11.5 Å². The Kier molecular flexibility index (Phi) is 4.93. The highest BCUT2D eigenvalue weighted by Gasteiger charge is 2.18. The number of primary amides is 2. The van der Waals surface area contributed by atoms with Crippen LogP contribution in [0.2, 0.25) is 0 Å². The van der Waals surface area contributed by atoms with E-state index in [1.165, 1.54) is 11.3 Å². The molecule has 98 valence electrons. The predicted molar refractivity (Wildman–Crippen MR) is 61.8 cm³/mol. The summed E-state index contributed by atoms with van der Waals surface area (Å²) in [7, 11) is 0. The standard InChI is InChI=1S/C9H11N3O5S/c10-7(13)16-5(6-2-1-3-18-6)4-12-9(15)17-8(11)14/h1-3,5H,4H2,(H2,10,13)(H2,11,14)(H,12,15)/t5-/m0/s1. The third-order valence-corrected chi connectivity index (χ3v) is 2.71. The third-order valence-electron chi connectivity index (χ3n) is 1.74. The molecule has 0 spiro atoms. The van der Waals surface area contributed by atoms with Crippen molar-refractivity contribution < 1.29 is 23.9 Å². The Morgan fingerprint density at radius 3 is 2.56 bits per heavy atom. The molecule has 0 fully saturated rings. The lowest BCUT2D eigenvalue weighted by atomic mass is 10.3. The van der Waals surface area contributed by atoms with Gasteiger partial charge in [-0.05, 0) is 11.4 Å². The first kappa shape index (κ1) is 13.8. The van der Waals surface area contributed by atoms with Gasteiger partial charge in [0, 0.05) is 4.88 Å². The number of alkyl carbamates (subject to hydrolysis) is 1. The van der Waals surface area contributed by atoms with Crippen LogP contribution in [0.3, 0.4) is 0 Å². The van der Waals surface area contributed by atoms with E-state index in [1.54, 1.807) is 17.5 Å². The van der Waals surface area contributed by atoms with Crippen LogP contribution in [0.15, 0.2) is 17.5 Å². The molecule has 0 aliphatic heterocycles. The van der Waals surface area contributed by atoms with E-state index in [1.807, 2.05) is 0 Å². The predicted octanol–water partition coefficient (Wildman–Crippen LogP) is 0.689. The minimum atomic E-state index is -1.23. The van der Waals surface area contributed by atoms with Crippen LogP contribution >= 0.6 is 11.3 Å². The zero-order valence-corrected chi connectivity index (χ0v) is 9.94. The first-order valence-corrected chi connectivity index (χ1v) is 5.61. The molecule has 8 nitrogen and oxygen atoms in total. The SMILES string of the molecule is NC(=O)OC(=O)NC[C@H](OC(N)=O)c1cccs1. The van der Waals surface area contributed by atoms with Crippen molar-refractivity contribution in [1.82, 2.24) is 5.32 Å². The van der Waals surface area contributed by atoms with E-state index >= 15 is 0 Å². The molecule has 3 amide bonds. The van der Waals surface area contributed by atoms with E-state index in [-0.39, 0.29) is 6.54 Å². The summed E-state index contributed by atoms with van der Waals surface area (Å²) in [5.74, 6) is 0. The summed E-state index contributed by atoms with van der Waals surface area (Å²) in [5, 5.41) is 3.99. The van der Waals surface area contributed by atoms with Crippen LogP contribution in [0.25, 0.3) is 0 Å². The largest absolute Gasteiger partial charge is 0.439 e. The Bertz CT molecular complexity index is 433. The fourth-order valence-electron chi connectivity index (χ4n) is 1.12. The van der Waals surface area contributed by atoms with Crippen molar-refractivity contribution in [2.45, 2.75) is 6.10 Å². The third kappa shape index (κ3) is 4.70. The molecule has 1 aromatic rings. The quantitative estimate of drug-likeness (QED) is 0.694. The Balaban J connectivity index is 2.55. The van der Waals surface area contributed by atoms with Crippen LogP contribution in [0.4, 0.5) is 14.4 Å². The van der Waals surface area contributed by atoms with Crippen LogP contribution in [0.1, 0.15) is 11.0 Å². The Morgan fingerprint density at radius 2 is 2.06 bits per heavy atom. The molecule has 0 aliphatic rings. The molecule has 5 N–H and O–H groups in total. The second-order valence-electron chi connectivity index (χ2n) is 3.03. The first-order valence-electron chi connectivity index (χ1n) is 4.73. The van der Waals surface area contributed by atoms with Crippen molar-refractivity contribution >= 4 is 29.6 Å². The zero-order valence-electron chi connectivity index (χ0n) is 9.12.